The second kappa shape index (κ2) is 7.32. The lowest BCUT2D eigenvalue weighted by atomic mass is 9.86. The van der Waals surface area contributed by atoms with Gasteiger partial charge in [0.25, 0.3) is 0 Å². The molecule has 1 unspecified atom stereocenters. The summed E-state index contributed by atoms with van der Waals surface area (Å²) in [4.78, 5) is 2.35. The maximum Gasteiger partial charge on any atom is 0.126 e. The van der Waals surface area contributed by atoms with Crippen LogP contribution < -0.4 is 5.73 Å². The van der Waals surface area contributed by atoms with E-state index in [1.807, 2.05) is 0 Å². The van der Waals surface area contributed by atoms with Gasteiger partial charge in [0.1, 0.15) is 11.6 Å². The Morgan fingerprint density at radius 3 is 2.29 bits per heavy atom. The number of rotatable bonds is 5. The largest absolute Gasteiger partial charge is 0.324 e. The Bertz CT molecular complexity index is 436. The van der Waals surface area contributed by atoms with Crippen LogP contribution in [0.4, 0.5) is 8.78 Å². The number of benzene rings is 1. The van der Waals surface area contributed by atoms with Gasteiger partial charge in [-0.05, 0) is 69.3 Å². The fraction of sp³-hybridized carbons (Fsp3) is 0.647. The first-order valence-electron chi connectivity index (χ1n) is 7.87. The topological polar surface area (TPSA) is 29.3 Å². The van der Waals surface area contributed by atoms with Crippen LogP contribution in [0.1, 0.15) is 50.6 Å². The lowest BCUT2D eigenvalue weighted by molar-refractivity contribution is 0.166. The van der Waals surface area contributed by atoms with Crippen molar-refractivity contribution in [3.05, 3.63) is 35.4 Å². The van der Waals surface area contributed by atoms with Crippen LogP contribution in [0.15, 0.2) is 18.2 Å². The zero-order valence-electron chi connectivity index (χ0n) is 13.0. The third kappa shape index (κ3) is 4.75. The van der Waals surface area contributed by atoms with Crippen molar-refractivity contribution in [1.82, 2.24) is 4.90 Å². The fourth-order valence-corrected chi connectivity index (χ4v) is 3.16. The van der Waals surface area contributed by atoms with Crippen molar-refractivity contribution in [2.24, 2.45) is 11.7 Å². The number of hydrogen-bond acceptors (Lipinski definition) is 2. The maximum absolute atomic E-state index is 13.2. The van der Waals surface area contributed by atoms with Crippen LogP contribution in [0.25, 0.3) is 0 Å². The standard InChI is InChI=1S/C17H26F2N2/c1-12-3-5-16(6-4-12)21(2)8-7-17(20)13-9-14(18)11-15(19)10-13/h9-12,16-17H,3-8,20H2,1-2H3. The molecule has 0 aromatic heterocycles. The minimum absolute atomic E-state index is 0.319. The fourth-order valence-electron chi connectivity index (χ4n) is 3.16. The quantitative estimate of drug-likeness (QED) is 0.894. The monoisotopic (exact) mass is 296 g/mol. The van der Waals surface area contributed by atoms with Crippen LogP contribution in [0, 0.1) is 17.6 Å². The van der Waals surface area contributed by atoms with Crippen molar-refractivity contribution < 1.29 is 8.78 Å². The Hall–Kier alpha value is -1.00. The summed E-state index contributed by atoms with van der Waals surface area (Å²) in [6.45, 7) is 3.17. The van der Waals surface area contributed by atoms with Gasteiger partial charge in [0.15, 0.2) is 0 Å². The smallest absolute Gasteiger partial charge is 0.126 e. The molecule has 0 heterocycles. The van der Waals surface area contributed by atoms with E-state index in [1.165, 1.54) is 37.8 Å². The first-order valence-corrected chi connectivity index (χ1v) is 7.87. The summed E-state index contributed by atoms with van der Waals surface area (Å²) in [6, 6.07) is 3.84. The van der Waals surface area contributed by atoms with Crippen LogP contribution in [0.5, 0.6) is 0 Å². The van der Waals surface area contributed by atoms with Crippen LogP contribution >= 0.6 is 0 Å². The average molecular weight is 296 g/mol. The molecule has 2 nitrogen and oxygen atoms in total. The second-order valence-corrected chi connectivity index (χ2v) is 6.49. The van der Waals surface area contributed by atoms with Crippen LogP contribution in [-0.4, -0.2) is 24.5 Å². The van der Waals surface area contributed by atoms with Gasteiger partial charge in [0.05, 0.1) is 0 Å². The van der Waals surface area contributed by atoms with Crippen molar-refractivity contribution in [1.29, 1.82) is 0 Å². The number of nitrogens with two attached hydrogens (primary N) is 1. The van der Waals surface area contributed by atoms with Gasteiger partial charge in [-0.3, -0.25) is 0 Å². The summed E-state index contributed by atoms with van der Waals surface area (Å²) >= 11 is 0. The van der Waals surface area contributed by atoms with Gasteiger partial charge in [-0.1, -0.05) is 6.92 Å². The normalized spacial score (nSPS) is 24.3. The summed E-state index contributed by atoms with van der Waals surface area (Å²) < 4.78 is 26.4. The van der Waals surface area contributed by atoms with Crippen molar-refractivity contribution in [2.75, 3.05) is 13.6 Å². The molecule has 2 N–H and O–H groups in total. The average Bonchev–Trinajstić information content (AvgIpc) is 2.44. The van der Waals surface area contributed by atoms with E-state index in [1.54, 1.807) is 0 Å². The Morgan fingerprint density at radius 2 is 1.71 bits per heavy atom. The van der Waals surface area contributed by atoms with Crippen molar-refractivity contribution >= 4 is 0 Å². The van der Waals surface area contributed by atoms with E-state index in [4.69, 9.17) is 5.73 Å². The zero-order chi connectivity index (χ0) is 15.4. The molecule has 4 heteroatoms. The summed E-state index contributed by atoms with van der Waals surface area (Å²) in [5.41, 5.74) is 6.61. The SMILES string of the molecule is CC1CCC(N(C)CCC(N)c2cc(F)cc(F)c2)CC1. The lowest BCUT2D eigenvalue weighted by Crippen LogP contribution is -2.36. The first kappa shape index (κ1) is 16.4. The van der Waals surface area contributed by atoms with Gasteiger partial charge < -0.3 is 10.6 Å². The molecule has 0 spiro atoms. The Kier molecular flexibility index (Phi) is 5.71. The highest BCUT2D eigenvalue weighted by Gasteiger charge is 2.22. The molecule has 0 amide bonds. The zero-order valence-corrected chi connectivity index (χ0v) is 13.0. The molecule has 2 rings (SSSR count). The summed E-state index contributed by atoms with van der Waals surface area (Å²) in [5, 5.41) is 0. The van der Waals surface area contributed by atoms with Crippen LogP contribution in [-0.2, 0) is 0 Å². The molecular formula is C17H26F2N2. The van der Waals surface area contributed by atoms with E-state index < -0.39 is 11.6 Å². The summed E-state index contributed by atoms with van der Waals surface area (Å²) in [6.07, 6.45) is 5.76. The van der Waals surface area contributed by atoms with Gasteiger partial charge in [-0.15, -0.1) is 0 Å². The molecule has 0 radical (unpaired) electrons. The molecule has 1 aromatic rings. The van der Waals surface area contributed by atoms with Crippen LogP contribution in [0.2, 0.25) is 0 Å². The Balaban J connectivity index is 1.84. The first-order chi connectivity index (χ1) is 9.95. The van der Waals surface area contributed by atoms with E-state index in [0.29, 0.717) is 18.0 Å². The molecule has 1 fully saturated rings. The predicted octanol–water partition coefficient (Wildman–Crippen LogP) is 3.87. The molecule has 0 saturated heterocycles. The van der Waals surface area contributed by atoms with E-state index in [-0.39, 0.29) is 6.04 Å². The van der Waals surface area contributed by atoms with Gasteiger partial charge in [0, 0.05) is 18.2 Å². The van der Waals surface area contributed by atoms with Crippen LogP contribution in [0.3, 0.4) is 0 Å². The lowest BCUT2D eigenvalue weighted by Gasteiger charge is -2.34. The van der Waals surface area contributed by atoms with E-state index in [2.05, 4.69) is 18.9 Å². The molecular weight excluding hydrogens is 270 g/mol. The number of nitrogens with zero attached hydrogens (tertiary/aromatic N) is 1. The van der Waals surface area contributed by atoms with E-state index >= 15 is 0 Å². The molecule has 1 atom stereocenters. The molecule has 118 valence electrons. The number of halogens is 2. The van der Waals surface area contributed by atoms with E-state index in [9.17, 15) is 8.78 Å². The third-order valence-electron chi connectivity index (χ3n) is 4.71. The highest BCUT2D eigenvalue weighted by Crippen LogP contribution is 2.27. The predicted molar refractivity (Wildman–Crippen MR) is 82.0 cm³/mol. The van der Waals surface area contributed by atoms with E-state index in [0.717, 1.165) is 18.5 Å². The summed E-state index contributed by atoms with van der Waals surface area (Å²) in [7, 11) is 2.12. The molecule has 1 saturated carbocycles. The minimum Gasteiger partial charge on any atom is -0.324 e. The molecule has 0 aliphatic heterocycles. The van der Waals surface area contributed by atoms with Crippen molar-refractivity contribution in [3.8, 4) is 0 Å². The molecule has 21 heavy (non-hydrogen) atoms. The highest BCUT2D eigenvalue weighted by atomic mass is 19.1. The van der Waals surface area contributed by atoms with Crippen molar-refractivity contribution in [2.45, 2.75) is 51.1 Å². The highest BCUT2D eigenvalue weighted by molar-refractivity contribution is 5.21. The third-order valence-corrected chi connectivity index (χ3v) is 4.71. The number of hydrogen-bond donors (Lipinski definition) is 1. The molecule has 1 aliphatic carbocycles. The molecule has 0 bridgehead atoms. The Labute approximate surface area is 126 Å². The molecule has 1 aromatic carbocycles. The minimum atomic E-state index is -0.560. The van der Waals surface area contributed by atoms with Gasteiger partial charge >= 0.3 is 0 Å². The Morgan fingerprint density at radius 1 is 1.14 bits per heavy atom. The second-order valence-electron chi connectivity index (χ2n) is 6.49. The maximum atomic E-state index is 13.2. The van der Waals surface area contributed by atoms with Gasteiger partial charge in [-0.2, -0.15) is 0 Å². The van der Waals surface area contributed by atoms with Gasteiger partial charge in [0.2, 0.25) is 0 Å². The van der Waals surface area contributed by atoms with Crippen molar-refractivity contribution in [3.63, 3.8) is 0 Å². The molecule has 1 aliphatic rings. The van der Waals surface area contributed by atoms with Gasteiger partial charge in [-0.25, -0.2) is 8.78 Å². The summed E-state index contributed by atoms with van der Waals surface area (Å²) in [5.74, 6) is -0.280.